The molecule has 1 atom stereocenters. The summed E-state index contributed by atoms with van der Waals surface area (Å²) in [5.41, 5.74) is 7.58. The van der Waals surface area contributed by atoms with Crippen LogP contribution in [-0.2, 0) is 16.0 Å². The molecule has 3 amide bonds. The highest BCUT2D eigenvalue weighted by Gasteiger charge is 2.34. The van der Waals surface area contributed by atoms with Crippen molar-refractivity contribution >= 4 is 46.4 Å². The summed E-state index contributed by atoms with van der Waals surface area (Å²) in [5.74, 6) is -0.550. The van der Waals surface area contributed by atoms with Gasteiger partial charge in [-0.25, -0.2) is 9.78 Å². The molecule has 0 radical (unpaired) electrons. The molecule has 1 saturated heterocycles. The molecule has 1 aliphatic carbocycles. The number of benzene rings is 3. The highest BCUT2D eigenvalue weighted by atomic mass is 35.5. The molecule has 6 rings (SSSR count). The molecule has 1 unspecified atom stereocenters. The van der Waals surface area contributed by atoms with E-state index >= 15 is 0 Å². The van der Waals surface area contributed by atoms with Crippen molar-refractivity contribution in [1.29, 1.82) is 0 Å². The van der Waals surface area contributed by atoms with Crippen LogP contribution in [0.5, 0.6) is 5.75 Å². The quantitative estimate of drug-likeness (QED) is 0.116. The minimum absolute atomic E-state index is 0.0933. The van der Waals surface area contributed by atoms with E-state index in [2.05, 4.69) is 53.7 Å². The number of amides is 3. The van der Waals surface area contributed by atoms with E-state index in [0.717, 1.165) is 13.0 Å². The molecule has 3 aromatic carbocycles. The second-order valence-electron chi connectivity index (χ2n) is 13.2. The lowest BCUT2D eigenvalue weighted by Crippen LogP contribution is -2.49. The summed E-state index contributed by atoms with van der Waals surface area (Å²) in [5, 5.41) is 14.1. The number of halogens is 1. The number of ketones is 1. The van der Waals surface area contributed by atoms with Crippen molar-refractivity contribution in [3.8, 4) is 5.75 Å². The first kappa shape index (κ1) is 44.6. The first-order valence-corrected chi connectivity index (χ1v) is 19.6. The number of rotatable bonds is 11. The van der Waals surface area contributed by atoms with E-state index < -0.39 is 29.7 Å². The van der Waals surface area contributed by atoms with Gasteiger partial charge in [0, 0.05) is 18.2 Å². The van der Waals surface area contributed by atoms with Gasteiger partial charge in [0.15, 0.2) is 5.58 Å². The highest BCUT2D eigenvalue weighted by Crippen LogP contribution is 2.22. The Bertz CT molecular complexity index is 1690. The summed E-state index contributed by atoms with van der Waals surface area (Å²) >= 11 is 5.79. The average molecular weight is 778 g/mol. The largest absolute Gasteiger partial charge is 0.434 e. The maximum absolute atomic E-state index is 12.6. The lowest BCUT2D eigenvalue weighted by Gasteiger charge is -2.23. The third-order valence-electron chi connectivity index (χ3n) is 9.03. The first-order valence-electron chi connectivity index (χ1n) is 19.2. The molecule has 0 bridgehead atoms. The number of unbranched alkanes of at least 4 members (excludes halogenated alkanes) is 1. The molecule has 0 spiro atoms. The van der Waals surface area contributed by atoms with E-state index in [4.69, 9.17) is 31.6 Å². The van der Waals surface area contributed by atoms with Gasteiger partial charge < -0.3 is 35.5 Å². The summed E-state index contributed by atoms with van der Waals surface area (Å²) in [6, 6.07) is 22.8. The smallest absolute Gasteiger partial charge is 0.413 e. The number of aliphatic hydroxyl groups excluding tert-OH is 1. The fourth-order valence-corrected chi connectivity index (χ4v) is 6.00. The molecule has 2 aliphatic rings. The van der Waals surface area contributed by atoms with Gasteiger partial charge in [0.2, 0.25) is 17.6 Å². The van der Waals surface area contributed by atoms with Crippen LogP contribution < -0.4 is 21.1 Å². The van der Waals surface area contributed by atoms with E-state index in [0.29, 0.717) is 48.0 Å². The molecular formula is C42H56ClN5O7. The van der Waals surface area contributed by atoms with Crippen LogP contribution in [0.4, 0.5) is 4.79 Å². The number of nitrogens with one attached hydrogen (secondary N) is 2. The van der Waals surface area contributed by atoms with Gasteiger partial charge >= 0.3 is 6.09 Å². The molecule has 1 aliphatic heterocycles. The number of hydrogen-bond donors (Lipinski definition) is 4. The zero-order valence-corrected chi connectivity index (χ0v) is 32.8. The van der Waals surface area contributed by atoms with Crippen LogP contribution in [0.25, 0.3) is 11.1 Å². The summed E-state index contributed by atoms with van der Waals surface area (Å²) in [6.07, 6.45) is 10.4. The van der Waals surface area contributed by atoms with Gasteiger partial charge in [-0.3, -0.25) is 14.4 Å². The monoisotopic (exact) mass is 777 g/mol. The minimum Gasteiger partial charge on any atom is -0.434 e. The van der Waals surface area contributed by atoms with Gasteiger partial charge in [0.1, 0.15) is 23.9 Å². The summed E-state index contributed by atoms with van der Waals surface area (Å²) < 4.78 is 10.5. The average Bonchev–Trinajstić information content (AvgIpc) is 3.90. The number of aliphatic hydroxyl groups is 1. The molecule has 55 heavy (non-hydrogen) atoms. The minimum atomic E-state index is -0.806. The number of ether oxygens (including phenoxy) is 1. The number of carbonyl (C=O) groups is 4. The Morgan fingerprint density at radius 3 is 2.16 bits per heavy atom. The Labute approximate surface area is 329 Å². The number of likely N-dealkylation sites (tertiary alicyclic amines) is 1. The number of fused-ring (bicyclic) bond motifs is 1. The number of carbonyl (C=O) groups excluding carboxylic acids is 4. The van der Waals surface area contributed by atoms with Crippen LogP contribution in [-0.4, -0.2) is 77.5 Å². The standard InChI is InChI=1S/C23H21ClN4O6.C8H10.C7H14O.C4H11N/c24-14-7-9-15(10-8-14)33-23(32)26-13-20(30)28-11-3-5-17(28)21(31)25-12-18(29)22-27-16-4-1-2-6-19(16)34-22;1-2-8-6-4-3-5-7-8;8-6-7-4-2-1-3-5-7;1-2-3-4-5/h1-2,4,6-10,17H,3,5,11-13H2,(H,25,31)(H,26,32);3-7H,2H2,1H3;7-8H,1-6H2;2-5H2,1H3. The predicted octanol–water partition coefficient (Wildman–Crippen LogP) is 7.11. The zero-order chi connectivity index (χ0) is 39.8. The van der Waals surface area contributed by atoms with Crippen molar-refractivity contribution in [1.82, 2.24) is 20.5 Å². The number of nitrogens with zero attached hydrogens (tertiary/aromatic N) is 2. The van der Waals surface area contributed by atoms with Gasteiger partial charge in [0.25, 0.3) is 5.89 Å². The summed E-state index contributed by atoms with van der Waals surface area (Å²) in [6.45, 7) is 5.27. The van der Waals surface area contributed by atoms with E-state index in [1.165, 1.54) is 67.5 Å². The number of nitrogens with two attached hydrogens (primary N) is 1. The lowest BCUT2D eigenvalue weighted by atomic mass is 9.90. The van der Waals surface area contributed by atoms with Crippen LogP contribution in [0, 0.1) is 5.92 Å². The van der Waals surface area contributed by atoms with E-state index in [1.807, 2.05) is 6.07 Å². The molecule has 1 saturated carbocycles. The van der Waals surface area contributed by atoms with Gasteiger partial charge in [-0.2, -0.15) is 0 Å². The van der Waals surface area contributed by atoms with Crippen LogP contribution in [0.2, 0.25) is 5.02 Å². The normalized spacial score (nSPS) is 14.9. The van der Waals surface area contributed by atoms with Crippen molar-refractivity contribution in [3.05, 3.63) is 95.3 Å². The van der Waals surface area contributed by atoms with Gasteiger partial charge in [-0.1, -0.05) is 93.6 Å². The Hall–Kier alpha value is -4.78. The van der Waals surface area contributed by atoms with Crippen LogP contribution in [0.1, 0.15) is 87.9 Å². The number of aryl methyl sites for hydroxylation is 1. The molecule has 4 aromatic rings. The van der Waals surface area contributed by atoms with Crippen molar-refractivity contribution in [2.24, 2.45) is 11.7 Å². The number of para-hydroxylation sites is 2. The fourth-order valence-electron chi connectivity index (χ4n) is 5.87. The SMILES string of the molecule is CCCCN.CCc1ccccc1.O=C(NCC(=O)N1CCCC1C(=O)NCC(=O)c1nc2ccccc2o1)Oc1ccc(Cl)cc1.OCC1CCCCC1. The van der Waals surface area contributed by atoms with E-state index in [-0.39, 0.29) is 24.7 Å². The van der Waals surface area contributed by atoms with Crippen LogP contribution >= 0.6 is 11.6 Å². The maximum Gasteiger partial charge on any atom is 0.413 e. The Morgan fingerprint density at radius 2 is 1.58 bits per heavy atom. The molecule has 5 N–H and O–H groups in total. The molecule has 2 heterocycles. The number of aromatic nitrogens is 1. The van der Waals surface area contributed by atoms with Crippen molar-refractivity contribution in [2.45, 2.75) is 84.1 Å². The maximum atomic E-state index is 12.6. The molecular weight excluding hydrogens is 722 g/mol. The number of hydrogen-bond acceptors (Lipinski definition) is 9. The first-order chi connectivity index (χ1) is 26.7. The van der Waals surface area contributed by atoms with Crippen LogP contribution in [0.15, 0.2) is 83.3 Å². The molecule has 1 aromatic heterocycles. The third-order valence-corrected chi connectivity index (χ3v) is 9.28. The number of Topliss-reactive ketones (excluding diaryl/α,β-unsaturated/α-hetero) is 1. The van der Waals surface area contributed by atoms with Gasteiger partial charge in [-0.15, -0.1) is 0 Å². The number of oxazole rings is 1. The molecule has 298 valence electrons. The van der Waals surface area contributed by atoms with Crippen molar-refractivity contribution < 1.29 is 33.4 Å². The van der Waals surface area contributed by atoms with Gasteiger partial charge in [0.05, 0.1) is 6.54 Å². The Kier molecular flexibility index (Phi) is 20.5. The molecule has 13 heteroatoms. The predicted molar refractivity (Wildman–Crippen MR) is 215 cm³/mol. The summed E-state index contributed by atoms with van der Waals surface area (Å²) in [7, 11) is 0. The second kappa shape index (κ2) is 25.3. The fraction of sp³-hybridized carbons (Fsp3) is 0.452. The van der Waals surface area contributed by atoms with E-state index in [9.17, 15) is 19.2 Å². The van der Waals surface area contributed by atoms with Gasteiger partial charge in [-0.05, 0) is 92.9 Å². The van der Waals surface area contributed by atoms with E-state index in [1.54, 1.807) is 36.4 Å². The van der Waals surface area contributed by atoms with Crippen LogP contribution in [0.3, 0.4) is 0 Å². The van der Waals surface area contributed by atoms with Crippen molar-refractivity contribution in [3.63, 3.8) is 0 Å². The third kappa shape index (κ3) is 16.2. The zero-order valence-electron chi connectivity index (χ0n) is 32.0. The topological polar surface area (TPSA) is 177 Å². The summed E-state index contributed by atoms with van der Waals surface area (Å²) in [4.78, 5) is 55.0. The lowest BCUT2D eigenvalue weighted by molar-refractivity contribution is -0.137. The Balaban J connectivity index is 0.000000311. The molecule has 2 fully saturated rings. The second-order valence-corrected chi connectivity index (χ2v) is 13.7. The highest BCUT2D eigenvalue weighted by molar-refractivity contribution is 6.30. The Morgan fingerprint density at radius 1 is 0.891 bits per heavy atom. The van der Waals surface area contributed by atoms with Crippen molar-refractivity contribution in [2.75, 3.05) is 32.8 Å². The molecule has 12 nitrogen and oxygen atoms in total.